The van der Waals surface area contributed by atoms with Gasteiger partial charge in [-0.1, -0.05) is 0 Å². The van der Waals surface area contributed by atoms with E-state index in [2.05, 4.69) is 19.6 Å². The minimum atomic E-state index is 0.539. The molecule has 0 atom stereocenters. The van der Waals surface area contributed by atoms with Crippen molar-refractivity contribution in [3.05, 3.63) is 36.7 Å². The lowest BCUT2D eigenvalue weighted by molar-refractivity contribution is 0.767. The summed E-state index contributed by atoms with van der Waals surface area (Å²) in [5.41, 5.74) is 2.89. The fraction of sp³-hybridized carbons (Fsp3) is 0.250. The van der Waals surface area contributed by atoms with Gasteiger partial charge in [0, 0.05) is 31.7 Å². The topological polar surface area (TPSA) is 48.5 Å². The normalized spacial score (nSPS) is 11.2. The van der Waals surface area contributed by atoms with Crippen LogP contribution in [0.15, 0.2) is 30.9 Å². The van der Waals surface area contributed by atoms with Crippen molar-refractivity contribution in [1.82, 2.24) is 24.3 Å². The third kappa shape index (κ3) is 1.76. The van der Waals surface area contributed by atoms with Crippen LogP contribution in [0.1, 0.15) is 5.82 Å². The first-order valence-electron chi connectivity index (χ1n) is 5.66. The summed E-state index contributed by atoms with van der Waals surface area (Å²) in [6, 6.07) is 1.95. The van der Waals surface area contributed by atoms with Crippen molar-refractivity contribution in [1.29, 1.82) is 0 Å². The second-order valence-electron chi connectivity index (χ2n) is 4.04. The van der Waals surface area contributed by atoms with Crippen molar-refractivity contribution in [3.8, 4) is 5.69 Å². The van der Waals surface area contributed by atoms with Crippen LogP contribution in [0.4, 0.5) is 0 Å². The molecule has 5 nitrogen and oxygen atoms in total. The van der Waals surface area contributed by atoms with Gasteiger partial charge in [0.15, 0.2) is 0 Å². The van der Waals surface area contributed by atoms with Gasteiger partial charge in [0.25, 0.3) is 0 Å². The second kappa shape index (κ2) is 4.42. The highest BCUT2D eigenvalue weighted by molar-refractivity contribution is 6.17. The lowest BCUT2D eigenvalue weighted by Crippen LogP contribution is -2.01. The number of aryl methyl sites for hydroxylation is 2. The largest absolute Gasteiger partial charge is 0.293 e. The van der Waals surface area contributed by atoms with Crippen LogP contribution >= 0.6 is 11.6 Å². The van der Waals surface area contributed by atoms with E-state index in [9.17, 15) is 0 Å². The van der Waals surface area contributed by atoms with Crippen molar-refractivity contribution in [2.45, 2.75) is 6.42 Å². The lowest BCUT2D eigenvalue weighted by Gasteiger charge is -2.04. The Hall–Kier alpha value is -1.88. The summed E-state index contributed by atoms with van der Waals surface area (Å²) in [6.07, 6.45) is 8.02. The minimum absolute atomic E-state index is 0.539. The van der Waals surface area contributed by atoms with Gasteiger partial charge in [-0.25, -0.2) is 4.98 Å². The van der Waals surface area contributed by atoms with Gasteiger partial charge in [0.1, 0.15) is 11.3 Å². The highest BCUT2D eigenvalue weighted by Crippen LogP contribution is 2.20. The van der Waals surface area contributed by atoms with E-state index in [1.54, 1.807) is 17.1 Å². The smallest absolute Gasteiger partial charge is 0.115 e. The van der Waals surface area contributed by atoms with E-state index in [0.29, 0.717) is 12.3 Å². The average Bonchev–Trinajstić information content (AvgIpc) is 2.92. The Morgan fingerprint density at radius 2 is 2.22 bits per heavy atom. The maximum absolute atomic E-state index is 5.84. The fourth-order valence-corrected chi connectivity index (χ4v) is 2.22. The molecule has 0 amide bonds. The predicted molar refractivity (Wildman–Crippen MR) is 70.1 cm³/mol. The van der Waals surface area contributed by atoms with Gasteiger partial charge < -0.3 is 0 Å². The van der Waals surface area contributed by atoms with Crippen LogP contribution in [0.25, 0.3) is 16.7 Å². The Morgan fingerprint density at radius 3 is 2.94 bits per heavy atom. The van der Waals surface area contributed by atoms with Crippen LogP contribution in [0.3, 0.4) is 0 Å². The van der Waals surface area contributed by atoms with Gasteiger partial charge in [0.2, 0.25) is 0 Å². The van der Waals surface area contributed by atoms with E-state index in [-0.39, 0.29) is 0 Å². The Labute approximate surface area is 109 Å². The summed E-state index contributed by atoms with van der Waals surface area (Å²) >= 11 is 5.84. The van der Waals surface area contributed by atoms with Gasteiger partial charge in [-0.05, 0) is 6.07 Å². The number of hydrogen-bond donors (Lipinski definition) is 0. The molecule has 3 rings (SSSR count). The van der Waals surface area contributed by atoms with Gasteiger partial charge in [-0.3, -0.25) is 14.2 Å². The van der Waals surface area contributed by atoms with Crippen LogP contribution in [0.2, 0.25) is 0 Å². The van der Waals surface area contributed by atoms with Crippen molar-refractivity contribution in [2.75, 3.05) is 5.88 Å². The molecule has 0 fully saturated rings. The number of fused-ring (bicyclic) bond motifs is 1. The Kier molecular flexibility index (Phi) is 2.76. The van der Waals surface area contributed by atoms with Crippen LogP contribution in [-0.4, -0.2) is 30.2 Å². The number of imidazole rings is 1. The predicted octanol–water partition coefficient (Wildman–Crippen LogP) is 1.94. The van der Waals surface area contributed by atoms with Crippen LogP contribution in [0.5, 0.6) is 0 Å². The monoisotopic (exact) mass is 261 g/mol. The van der Waals surface area contributed by atoms with E-state index < -0.39 is 0 Å². The van der Waals surface area contributed by atoms with Crippen LogP contribution in [-0.2, 0) is 13.5 Å². The van der Waals surface area contributed by atoms with Crippen molar-refractivity contribution < 1.29 is 0 Å². The molecule has 3 aromatic rings. The molecule has 0 aliphatic heterocycles. The Morgan fingerprint density at radius 1 is 1.33 bits per heavy atom. The van der Waals surface area contributed by atoms with E-state index in [4.69, 9.17) is 11.6 Å². The summed E-state index contributed by atoms with van der Waals surface area (Å²) in [5.74, 6) is 1.47. The van der Waals surface area contributed by atoms with E-state index >= 15 is 0 Å². The highest BCUT2D eigenvalue weighted by atomic mass is 35.5. The van der Waals surface area contributed by atoms with Crippen LogP contribution < -0.4 is 0 Å². The number of pyridine rings is 1. The molecule has 3 aromatic heterocycles. The van der Waals surface area contributed by atoms with E-state index in [1.165, 1.54) is 0 Å². The third-order valence-electron chi connectivity index (χ3n) is 2.79. The minimum Gasteiger partial charge on any atom is -0.293 e. The molecule has 0 unspecified atom stereocenters. The summed E-state index contributed by atoms with van der Waals surface area (Å²) in [5, 5.41) is 4.20. The molecule has 0 N–H and O–H groups in total. The SMILES string of the molecule is Cn1cc(-n2c(CCCl)nc3cnccc32)cn1. The average molecular weight is 262 g/mol. The number of nitrogens with zero attached hydrogens (tertiary/aromatic N) is 5. The zero-order chi connectivity index (χ0) is 12.5. The molecule has 6 heteroatoms. The first kappa shape index (κ1) is 11.2. The summed E-state index contributed by atoms with van der Waals surface area (Å²) < 4.78 is 3.85. The molecular weight excluding hydrogens is 250 g/mol. The zero-order valence-corrected chi connectivity index (χ0v) is 10.7. The molecule has 0 saturated heterocycles. The van der Waals surface area contributed by atoms with Gasteiger partial charge in [0.05, 0.1) is 23.6 Å². The number of hydrogen-bond acceptors (Lipinski definition) is 3. The number of halogens is 1. The summed E-state index contributed by atoms with van der Waals surface area (Å²) in [6.45, 7) is 0. The van der Waals surface area contributed by atoms with E-state index in [0.717, 1.165) is 22.5 Å². The molecule has 0 aromatic carbocycles. The van der Waals surface area contributed by atoms with Crippen LogP contribution in [0, 0.1) is 0 Å². The maximum atomic E-state index is 5.84. The number of aromatic nitrogens is 5. The Balaban J connectivity index is 2.27. The van der Waals surface area contributed by atoms with E-state index in [1.807, 2.05) is 25.5 Å². The number of alkyl halides is 1. The standard InChI is InChI=1S/C12H12ClN5/c1-17-8-9(6-15-17)18-11-3-5-14-7-10(11)16-12(18)2-4-13/h3,5-8H,2,4H2,1H3. The molecule has 0 aliphatic rings. The molecular formula is C12H12ClN5. The second-order valence-corrected chi connectivity index (χ2v) is 4.42. The fourth-order valence-electron chi connectivity index (χ4n) is 2.05. The number of rotatable bonds is 3. The van der Waals surface area contributed by atoms with Crippen molar-refractivity contribution in [2.24, 2.45) is 7.05 Å². The quantitative estimate of drug-likeness (QED) is 0.677. The lowest BCUT2D eigenvalue weighted by atomic mass is 10.4. The third-order valence-corrected chi connectivity index (χ3v) is 2.98. The molecule has 18 heavy (non-hydrogen) atoms. The maximum Gasteiger partial charge on any atom is 0.115 e. The van der Waals surface area contributed by atoms with Gasteiger partial charge in [-0.2, -0.15) is 5.10 Å². The molecule has 0 bridgehead atoms. The molecule has 0 saturated carbocycles. The van der Waals surface area contributed by atoms with Crippen molar-refractivity contribution >= 4 is 22.6 Å². The van der Waals surface area contributed by atoms with Gasteiger partial charge >= 0.3 is 0 Å². The first-order chi connectivity index (χ1) is 8.79. The first-order valence-corrected chi connectivity index (χ1v) is 6.19. The summed E-state index contributed by atoms with van der Waals surface area (Å²) in [4.78, 5) is 8.66. The molecule has 0 radical (unpaired) electrons. The van der Waals surface area contributed by atoms with Gasteiger partial charge in [-0.15, -0.1) is 11.6 Å². The highest BCUT2D eigenvalue weighted by Gasteiger charge is 2.12. The molecule has 0 aliphatic carbocycles. The summed E-state index contributed by atoms with van der Waals surface area (Å²) in [7, 11) is 1.89. The van der Waals surface area contributed by atoms with Crippen molar-refractivity contribution in [3.63, 3.8) is 0 Å². The Bertz CT molecular complexity index is 685. The molecule has 3 heterocycles. The molecule has 92 valence electrons. The zero-order valence-electron chi connectivity index (χ0n) is 9.91. The molecule has 0 spiro atoms.